The van der Waals surface area contributed by atoms with E-state index in [9.17, 15) is 4.79 Å². The minimum atomic E-state index is -0.839. The van der Waals surface area contributed by atoms with Crippen LogP contribution >= 0.6 is 11.3 Å². The fourth-order valence-electron chi connectivity index (χ4n) is 3.68. The normalized spacial score (nSPS) is 35.0. The number of carbonyl (C=O) groups is 1. The molecule has 0 bridgehead atoms. The standard InChI is InChI=1S/C14H21N3O2S/c1-13(2)11-10(4-3-5-19-11)14(13,15)12(18)16-6-9-7-20-8-17-9/h7-8,10-11H,3-6,15H2,1-2H3,(H,16,18). The lowest BCUT2D eigenvalue weighted by Gasteiger charge is -2.65. The molecule has 2 heterocycles. The van der Waals surface area contributed by atoms with Crippen molar-refractivity contribution in [3.05, 3.63) is 16.6 Å². The number of nitrogens with two attached hydrogens (primary N) is 1. The highest BCUT2D eigenvalue weighted by molar-refractivity contribution is 7.07. The average molecular weight is 295 g/mol. The SMILES string of the molecule is CC1(C)C2OCCCC2C1(N)C(=O)NCc1cscn1. The first kappa shape index (κ1) is 14.0. The first-order chi connectivity index (χ1) is 9.48. The largest absolute Gasteiger partial charge is 0.377 e. The second-order valence-corrected chi connectivity index (χ2v) is 7.01. The third-order valence-corrected chi connectivity index (χ3v) is 5.61. The second-order valence-electron chi connectivity index (χ2n) is 6.29. The van der Waals surface area contributed by atoms with E-state index in [-0.39, 0.29) is 23.3 Å². The number of aromatic nitrogens is 1. The monoisotopic (exact) mass is 295 g/mol. The van der Waals surface area contributed by atoms with Gasteiger partial charge >= 0.3 is 0 Å². The van der Waals surface area contributed by atoms with E-state index in [1.165, 1.54) is 11.3 Å². The van der Waals surface area contributed by atoms with E-state index < -0.39 is 5.54 Å². The van der Waals surface area contributed by atoms with Crippen molar-refractivity contribution in [3.8, 4) is 0 Å². The third-order valence-electron chi connectivity index (χ3n) is 4.97. The summed E-state index contributed by atoms with van der Waals surface area (Å²) in [7, 11) is 0. The van der Waals surface area contributed by atoms with E-state index in [0.29, 0.717) is 6.54 Å². The summed E-state index contributed by atoms with van der Waals surface area (Å²) in [5.41, 5.74) is 7.98. The number of nitrogens with one attached hydrogen (secondary N) is 1. The third kappa shape index (κ3) is 1.82. The molecule has 2 fully saturated rings. The van der Waals surface area contributed by atoms with Gasteiger partial charge in [0, 0.05) is 23.3 Å². The molecule has 110 valence electrons. The van der Waals surface area contributed by atoms with Gasteiger partial charge in [-0.15, -0.1) is 11.3 Å². The van der Waals surface area contributed by atoms with Gasteiger partial charge < -0.3 is 15.8 Å². The zero-order chi connectivity index (χ0) is 14.4. The zero-order valence-electron chi connectivity index (χ0n) is 11.9. The van der Waals surface area contributed by atoms with Crippen LogP contribution in [0.5, 0.6) is 0 Å². The van der Waals surface area contributed by atoms with Crippen LogP contribution in [0.2, 0.25) is 0 Å². The summed E-state index contributed by atoms with van der Waals surface area (Å²) in [6.07, 6.45) is 2.05. The van der Waals surface area contributed by atoms with Gasteiger partial charge in [-0.25, -0.2) is 4.98 Å². The molecule has 5 nitrogen and oxygen atoms in total. The Labute approximate surface area is 122 Å². The Kier molecular flexibility index (Phi) is 3.35. The van der Waals surface area contributed by atoms with E-state index in [1.807, 2.05) is 19.2 Å². The van der Waals surface area contributed by atoms with E-state index in [2.05, 4.69) is 10.3 Å². The van der Waals surface area contributed by atoms with E-state index in [1.54, 1.807) is 5.51 Å². The number of carbonyl (C=O) groups excluding carboxylic acids is 1. The van der Waals surface area contributed by atoms with Crippen molar-refractivity contribution in [2.24, 2.45) is 17.1 Å². The molecule has 3 N–H and O–H groups in total. The number of ether oxygens (including phenoxy) is 1. The second kappa shape index (κ2) is 4.79. The van der Waals surface area contributed by atoms with Crippen LogP contribution in [-0.4, -0.2) is 29.1 Å². The van der Waals surface area contributed by atoms with Gasteiger partial charge in [0.1, 0.15) is 5.54 Å². The highest BCUT2D eigenvalue weighted by Crippen LogP contribution is 2.57. The van der Waals surface area contributed by atoms with Crippen molar-refractivity contribution in [1.82, 2.24) is 10.3 Å². The van der Waals surface area contributed by atoms with Crippen LogP contribution in [0.4, 0.5) is 0 Å². The van der Waals surface area contributed by atoms with Crippen molar-refractivity contribution in [2.75, 3.05) is 6.61 Å². The lowest BCUT2D eigenvalue weighted by molar-refractivity contribution is -0.225. The molecule has 0 spiro atoms. The van der Waals surface area contributed by atoms with Gasteiger partial charge in [-0.2, -0.15) is 0 Å². The molecule has 1 amide bonds. The Balaban J connectivity index is 1.72. The Morgan fingerprint density at radius 3 is 3.15 bits per heavy atom. The number of hydrogen-bond acceptors (Lipinski definition) is 5. The van der Waals surface area contributed by atoms with Gasteiger partial charge in [0.2, 0.25) is 5.91 Å². The smallest absolute Gasteiger partial charge is 0.241 e. The molecule has 0 radical (unpaired) electrons. The van der Waals surface area contributed by atoms with Gasteiger partial charge in [-0.05, 0) is 12.8 Å². The lowest BCUT2D eigenvalue weighted by atomic mass is 9.46. The first-order valence-electron chi connectivity index (χ1n) is 7.04. The fourth-order valence-corrected chi connectivity index (χ4v) is 4.24. The van der Waals surface area contributed by atoms with Crippen molar-refractivity contribution < 1.29 is 9.53 Å². The van der Waals surface area contributed by atoms with Crippen LogP contribution in [-0.2, 0) is 16.1 Å². The van der Waals surface area contributed by atoms with Crippen LogP contribution in [0, 0.1) is 11.3 Å². The molecule has 20 heavy (non-hydrogen) atoms. The topological polar surface area (TPSA) is 77.2 Å². The summed E-state index contributed by atoms with van der Waals surface area (Å²) in [5.74, 6) is 0.0453. The molecular formula is C14H21N3O2S. The van der Waals surface area contributed by atoms with E-state index in [0.717, 1.165) is 25.1 Å². The van der Waals surface area contributed by atoms with Crippen LogP contribution in [0.3, 0.4) is 0 Å². The lowest BCUT2D eigenvalue weighted by Crippen LogP contribution is -2.82. The van der Waals surface area contributed by atoms with Gasteiger partial charge in [0.25, 0.3) is 0 Å². The predicted octanol–water partition coefficient (Wildman–Crippen LogP) is 1.29. The maximum atomic E-state index is 12.6. The van der Waals surface area contributed by atoms with E-state index >= 15 is 0 Å². The van der Waals surface area contributed by atoms with Gasteiger partial charge in [0.05, 0.1) is 23.9 Å². The van der Waals surface area contributed by atoms with Crippen LogP contribution < -0.4 is 11.1 Å². The minimum absolute atomic E-state index is 0.0812. The molecule has 1 saturated carbocycles. The van der Waals surface area contributed by atoms with Crippen LogP contribution in [0.25, 0.3) is 0 Å². The number of thiazole rings is 1. The van der Waals surface area contributed by atoms with Crippen molar-refractivity contribution in [1.29, 1.82) is 0 Å². The zero-order valence-corrected chi connectivity index (χ0v) is 12.7. The maximum Gasteiger partial charge on any atom is 0.241 e. The Morgan fingerprint density at radius 2 is 2.45 bits per heavy atom. The first-order valence-corrected chi connectivity index (χ1v) is 7.98. The summed E-state index contributed by atoms with van der Waals surface area (Å²) in [4.78, 5) is 16.8. The molecule has 6 heteroatoms. The summed E-state index contributed by atoms with van der Waals surface area (Å²) in [5, 5.41) is 4.87. The molecule has 1 aliphatic carbocycles. The number of hydrogen-bond donors (Lipinski definition) is 2. The highest BCUT2D eigenvalue weighted by Gasteiger charge is 2.70. The fraction of sp³-hybridized carbons (Fsp3) is 0.714. The quantitative estimate of drug-likeness (QED) is 0.881. The van der Waals surface area contributed by atoms with Crippen molar-refractivity contribution >= 4 is 17.2 Å². The predicted molar refractivity (Wildman–Crippen MR) is 77.1 cm³/mol. The highest BCUT2D eigenvalue weighted by atomic mass is 32.1. The van der Waals surface area contributed by atoms with Crippen LogP contribution in [0.15, 0.2) is 10.9 Å². The summed E-state index contributed by atoms with van der Waals surface area (Å²) in [6, 6.07) is 0. The molecule has 0 aromatic carbocycles. The molecule has 1 saturated heterocycles. The summed E-state index contributed by atoms with van der Waals surface area (Å²) in [6.45, 7) is 5.28. The molecular weight excluding hydrogens is 274 g/mol. The molecule has 1 aromatic heterocycles. The maximum absolute atomic E-state index is 12.6. The Morgan fingerprint density at radius 1 is 1.65 bits per heavy atom. The molecule has 3 rings (SSSR count). The summed E-state index contributed by atoms with van der Waals surface area (Å²) >= 11 is 1.52. The molecule has 3 unspecified atom stereocenters. The number of rotatable bonds is 3. The van der Waals surface area contributed by atoms with Gasteiger partial charge in [-0.1, -0.05) is 13.8 Å². The van der Waals surface area contributed by atoms with Crippen LogP contribution in [0.1, 0.15) is 32.4 Å². The molecule has 1 aromatic rings. The van der Waals surface area contributed by atoms with Gasteiger partial charge in [-0.3, -0.25) is 4.79 Å². The van der Waals surface area contributed by atoms with Crippen molar-refractivity contribution in [3.63, 3.8) is 0 Å². The Bertz CT molecular complexity index is 503. The Hall–Kier alpha value is -0.980. The number of fused-ring (bicyclic) bond motifs is 1. The van der Waals surface area contributed by atoms with E-state index in [4.69, 9.17) is 10.5 Å². The number of nitrogens with zero attached hydrogens (tertiary/aromatic N) is 1. The summed E-state index contributed by atoms with van der Waals surface area (Å²) < 4.78 is 5.82. The van der Waals surface area contributed by atoms with Gasteiger partial charge in [0.15, 0.2) is 0 Å². The van der Waals surface area contributed by atoms with Crippen molar-refractivity contribution in [2.45, 2.75) is 44.9 Å². The molecule has 1 aliphatic heterocycles. The average Bonchev–Trinajstić information content (AvgIpc) is 2.97. The minimum Gasteiger partial charge on any atom is -0.377 e. The number of amides is 1. The molecule has 2 aliphatic rings. The molecule has 3 atom stereocenters.